The van der Waals surface area contributed by atoms with Crippen molar-refractivity contribution in [1.82, 2.24) is 5.43 Å². The number of amides is 1. The number of rotatable bonds is 4. The molecule has 0 atom stereocenters. The number of carbonyl (C=O) groups is 1. The van der Waals surface area contributed by atoms with Gasteiger partial charge < -0.3 is 5.11 Å². The summed E-state index contributed by atoms with van der Waals surface area (Å²) in [7, 11) is 0. The lowest BCUT2D eigenvalue weighted by Crippen LogP contribution is -2.20. The normalized spacial score (nSPS) is 14.5. The Morgan fingerprint density at radius 3 is 2.81 bits per heavy atom. The van der Waals surface area contributed by atoms with E-state index >= 15 is 0 Å². The van der Waals surface area contributed by atoms with Crippen molar-refractivity contribution in [2.75, 3.05) is 0 Å². The fraction of sp³-hybridized carbons (Fsp3) is 0.105. The van der Waals surface area contributed by atoms with Crippen molar-refractivity contribution in [3.63, 3.8) is 0 Å². The van der Waals surface area contributed by atoms with Crippen LogP contribution in [0.25, 0.3) is 5.57 Å². The number of hydrazone groups is 1. The number of nitro benzene ring substituents is 1. The van der Waals surface area contributed by atoms with Crippen molar-refractivity contribution in [3.8, 4) is 11.8 Å². The molecule has 0 spiro atoms. The number of phenols is 1. The number of fused-ring (bicyclic) bond motifs is 1. The van der Waals surface area contributed by atoms with Crippen LogP contribution in [0.2, 0.25) is 0 Å². The van der Waals surface area contributed by atoms with Gasteiger partial charge in [0.15, 0.2) is 0 Å². The molecule has 2 N–H and O–H groups in total. The number of non-ortho nitro benzene ring substituents is 1. The first-order valence-corrected chi connectivity index (χ1v) is 8.03. The maximum Gasteiger partial charge on any atom is 0.282 e. The predicted octanol–water partition coefficient (Wildman–Crippen LogP) is 2.67. The van der Waals surface area contributed by atoms with E-state index in [9.17, 15) is 25.3 Å². The zero-order valence-electron chi connectivity index (χ0n) is 14.0. The van der Waals surface area contributed by atoms with E-state index in [0.29, 0.717) is 12.0 Å². The van der Waals surface area contributed by atoms with Crippen molar-refractivity contribution in [2.24, 2.45) is 5.10 Å². The molecule has 8 heteroatoms. The summed E-state index contributed by atoms with van der Waals surface area (Å²) in [6.45, 7) is 0. The number of nitrogens with zero attached hydrogens (tertiary/aromatic N) is 3. The minimum absolute atomic E-state index is 0.0274. The average molecular weight is 362 g/mol. The summed E-state index contributed by atoms with van der Waals surface area (Å²) in [5.41, 5.74) is 4.69. The van der Waals surface area contributed by atoms with E-state index in [4.69, 9.17) is 0 Å². The molecule has 0 aromatic heterocycles. The monoisotopic (exact) mass is 362 g/mol. The largest absolute Gasteiger partial charge is 0.507 e. The van der Waals surface area contributed by atoms with Gasteiger partial charge in [-0.2, -0.15) is 10.4 Å². The van der Waals surface area contributed by atoms with E-state index in [1.54, 1.807) is 0 Å². The molecule has 0 heterocycles. The summed E-state index contributed by atoms with van der Waals surface area (Å²) in [6, 6.07) is 12.9. The first-order valence-electron chi connectivity index (χ1n) is 8.03. The van der Waals surface area contributed by atoms with Gasteiger partial charge in [0.05, 0.1) is 11.1 Å². The number of aryl methyl sites for hydroxylation is 1. The van der Waals surface area contributed by atoms with E-state index in [1.807, 2.05) is 30.3 Å². The van der Waals surface area contributed by atoms with Crippen molar-refractivity contribution >= 4 is 23.4 Å². The number of nitro groups is 1. The third-order valence-electron chi connectivity index (χ3n) is 4.22. The predicted molar refractivity (Wildman–Crippen MR) is 97.8 cm³/mol. The molecule has 0 aliphatic heterocycles. The SMILES string of the molecule is N#CC(C(=O)NN=Cc1cc([N+](=O)[O-])ccc1O)=C1CCc2ccccc21. The minimum atomic E-state index is -0.676. The number of nitrogens with one attached hydrogen (secondary N) is 1. The molecule has 0 bridgehead atoms. The molecule has 134 valence electrons. The lowest BCUT2D eigenvalue weighted by atomic mass is 10.0. The Morgan fingerprint density at radius 1 is 1.30 bits per heavy atom. The maximum atomic E-state index is 12.3. The lowest BCUT2D eigenvalue weighted by Gasteiger charge is -2.04. The van der Waals surface area contributed by atoms with Crippen molar-refractivity contribution in [3.05, 3.63) is 74.8 Å². The number of benzene rings is 2. The molecule has 1 amide bonds. The van der Waals surface area contributed by atoms with Gasteiger partial charge in [0, 0.05) is 17.7 Å². The highest BCUT2D eigenvalue weighted by Crippen LogP contribution is 2.34. The van der Waals surface area contributed by atoms with Crippen LogP contribution in [0.15, 0.2) is 53.1 Å². The molecule has 2 aromatic rings. The Morgan fingerprint density at radius 2 is 2.07 bits per heavy atom. The molecule has 27 heavy (non-hydrogen) atoms. The van der Waals surface area contributed by atoms with Gasteiger partial charge in [-0.3, -0.25) is 14.9 Å². The van der Waals surface area contributed by atoms with Gasteiger partial charge in [-0.15, -0.1) is 0 Å². The van der Waals surface area contributed by atoms with E-state index in [1.165, 1.54) is 6.07 Å². The average Bonchev–Trinajstić information content (AvgIpc) is 3.08. The number of phenolic OH excluding ortho intramolecular Hbond substituents is 1. The Bertz CT molecular complexity index is 1030. The van der Waals surface area contributed by atoms with Crippen LogP contribution < -0.4 is 5.43 Å². The first-order chi connectivity index (χ1) is 13.0. The van der Waals surface area contributed by atoms with Crippen molar-refractivity contribution in [1.29, 1.82) is 5.26 Å². The molecule has 1 aliphatic rings. The fourth-order valence-electron chi connectivity index (χ4n) is 2.92. The standard InChI is InChI=1S/C19H14N4O4/c20-10-17(16-7-5-12-3-1-2-4-15(12)16)19(25)22-21-11-13-9-14(23(26)27)6-8-18(13)24/h1-4,6,8-9,11,24H,5,7H2,(H,22,25). The van der Waals surface area contributed by atoms with Crippen LogP contribution in [-0.4, -0.2) is 22.2 Å². The summed E-state index contributed by atoms with van der Waals surface area (Å²) < 4.78 is 0. The van der Waals surface area contributed by atoms with Gasteiger partial charge in [0.1, 0.15) is 17.4 Å². The first kappa shape index (κ1) is 17.8. The van der Waals surface area contributed by atoms with Gasteiger partial charge in [-0.25, -0.2) is 5.43 Å². The Kier molecular flexibility index (Phi) is 4.95. The second kappa shape index (κ2) is 7.49. The molecule has 8 nitrogen and oxygen atoms in total. The Labute approximate surface area is 154 Å². The lowest BCUT2D eigenvalue weighted by molar-refractivity contribution is -0.384. The van der Waals surface area contributed by atoms with Crippen molar-refractivity contribution in [2.45, 2.75) is 12.8 Å². The van der Waals surface area contributed by atoms with Crippen LogP contribution in [0, 0.1) is 21.4 Å². The number of hydrogen-bond acceptors (Lipinski definition) is 6. The van der Waals surface area contributed by atoms with E-state index in [-0.39, 0.29) is 22.6 Å². The van der Waals surface area contributed by atoms with Crippen LogP contribution in [0.5, 0.6) is 5.75 Å². The Hall–Kier alpha value is -3.99. The molecular weight excluding hydrogens is 348 g/mol. The van der Waals surface area contributed by atoms with Crippen LogP contribution in [-0.2, 0) is 11.2 Å². The highest BCUT2D eigenvalue weighted by Gasteiger charge is 2.23. The molecule has 0 fully saturated rings. The molecule has 2 aromatic carbocycles. The number of aromatic hydroxyl groups is 1. The number of hydrogen-bond donors (Lipinski definition) is 2. The van der Waals surface area contributed by atoms with Gasteiger partial charge in [0.2, 0.25) is 0 Å². The van der Waals surface area contributed by atoms with Crippen LogP contribution in [0.1, 0.15) is 23.1 Å². The van der Waals surface area contributed by atoms with E-state index in [0.717, 1.165) is 35.9 Å². The van der Waals surface area contributed by atoms with Crippen LogP contribution >= 0.6 is 0 Å². The minimum Gasteiger partial charge on any atom is -0.507 e. The van der Waals surface area contributed by atoms with Gasteiger partial charge >= 0.3 is 0 Å². The fourth-order valence-corrected chi connectivity index (χ4v) is 2.92. The quantitative estimate of drug-likeness (QED) is 0.284. The number of allylic oxidation sites excluding steroid dienone is 1. The van der Waals surface area contributed by atoms with Gasteiger partial charge in [-0.05, 0) is 35.6 Å². The zero-order chi connectivity index (χ0) is 19.4. The summed E-state index contributed by atoms with van der Waals surface area (Å²) in [4.78, 5) is 22.5. The highest BCUT2D eigenvalue weighted by atomic mass is 16.6. The third-order valence-corrected chi connectivity index (χ3v) is 4.22. The molecule has 0 saturated carbocycles. The summed E-state index contributed by atoms with van der Waals surface area (Å²) in [5.74, 6) is -0.896. The smallest absolute Gasteiger partial charge is 0.282 e. The molecule has 0 saturated heterocycles. The zero-order valence-corrected chi connectivity index (χ0v) is 14.0. The van der Waals surface area contributed by atoms with E-state index in [2.05, 4.69) is 10.5 Å². The van der Waals surface area contributed by atoms with E-state index < -0.39 is 10.8 Å². The Balaban J connectivity index is 1.81. The molecule has 0 radical (unpaired) electrons. The second-order valence-corrected chi connectivity index (χ2v) is 5.82. The molecule has 3 rings (SSSR count). The summed E-state index contributed by atoms with van der Waals surface area (Å²) in [6.07, 6.45) is 2.43. The van der Waals surface area contributed by atoms with Crippen LogP contribution in [0.3, 0.4) is 0 Å². The molecule has 1 aliphatic carbocycles. The topological polar surface area (TPSA) is 129 Å². The summed E-state index contributed by atoms with van der Waals surface area (Å²) >= 11 is 0. The molecular formula is C19H14N4O4. The van der Waals surface area contributed by atoms with Crippen LogP contribution in [0.4, 0.5) is 5.69 Å². The number of carbonyl (C=O) groups excluding carboxylic acids is 1. The molecule has 0 unspecified atom stereocenters. The summed E-state index contributed by atoms with van der Waals surface area (Å²) in [5, 5.41) is 33.6. The highest BCUT2D eigenvalue weighted by molar-refractivity contribution is 6.06. The number of nitriles is 1. The van der Waals surface area contributed by atoms with Crippen molar-refractivity contribution < 1.29 is 14.8 Å². The maximum absolute atomic E-state index is 12.3. The second-order valence-electron chi connectivity index (χ2n) is 5.82. The van der Waals surface area contributed by atoms with Gasteiger partial charge in [0.25, 0.3) is 11.6 Å². The van der Waals surface area contributed by atoms with Gasteiger partial charge in [-0.1, -0.05) is 24.3 Å². The third kappa shape index (κ3) is 3.67.